The SMILES string of the molecule is COC(=O)c1ccccc1NC(=O)C(F)(F)C(F)(F)C(F)(F)C(F)(F)C(F)(F)C(F)(F)C(F)(F)C(F)F. The zero-order chi connectivity index (χ0) is 29.6. The molecule has 0 aliphatic heterocycles. The summed E-state index contributed by atoms with van der Waals surface area (Å²) in [5.74, 6) is -62.0. The van der Waals surface area contributed by atoms with Gasteiger partial charge in [-0.2, -0.15) is 61.5 Å². The van der Waals surface area contributed by atoms with Gasteiger partial charge in [0.05, 0.1) is 18.4 Å². The maximum Gasteiger partial charge on any atom is 0.393 e. The van der Waals surface area contributed by atoms with Gasteiger partial charge in [0.25, 0.3) is 0 Å². The molecule has 1 rings (SSSR count). The Labute approximate surface area is 193 Å². The standard InChI is InChI=1S/C17H9F16NO3/c1-37-8(35)6-4-2-3-5-7(6)34-10(36)12(22,23)14(26,27)16(30,31)17(32,33)15(28,29)13(24,25)11(20,21)9(18)19/h2-5,9H,1H3,(H,34,36). The third-order valence-corrected chi connectivity index (χ3v) is 4.53. The Morgan fingerprint density at radius 1 is 0.703 bits per heavy atom. The number of hydrogen-bond donors (Lipinski definition) is 1. The highest BCUT2D eigenvalue weighted by Gasteiger charge is 2.94. The van der Waals surface area contributed by atoms with Crippen molar-refractivity contribution < 1.29 is 84.6 Å². The summed E-state index contributed by atoms with van der Waals surface area (Å²) in [4.78, 5) is 23.1. The number of carbonyl (C=O) groups excluding carboxylic acids is 2. The number of hydrogen-bond acceptors (Lipinski definition) is 3. The lowest BCUT2D eigenvalue weighted by Crippen LogP contribution is -2.74. The summed E-state index contributed by atoms with van der Waals surface area (Å²) in [7, 11) is 0.667. The average molecular weight is 579 g/mol. The van der Waals surface area contributed by atoms with Crippen LogP contribution in [-0.4, -0.2) is 66.9 Å². The van der Waals surface area contributed by atoms with E-state index in [1.165, 1.54) is 0 Å². The minimum Gasteiger partial charge on any atom is -0.465 e. The fourth-order valence-corrected chi connectivity index (χ4v) is 2.36. The largest absolute Gasteiger partial charge is 0.465 e. The van der Waals surface area contributed by atoms with E-state index in [-0.39, 0.29) is 0 Å². The quantitative estimate of drug-likeness (QED) is 0.269. The predicted octanol–water partition coefficient (Wildman–Crippen LogP) is 6.12. The summed E-state index contributed by atoms with van der Waals surface area (Å²) in [6.45, 7) is 0. The Balaban J connectivity index is 3.59. The van der Waals surface area contributed by atoms with Crippen LogP contribution in [-0.2, 0) is 9.53 Å². The number of benzene rings is 1. The number of ether oxygens (including phenoxy) is 1. The van der Waals surface area contributed by atoms with E-state index in [9.17, 15) is 79.8 Å². The highest BCUT2D eigenvalue weighted by Crippen LogP contribution is 2.62. The van der Waals surface area contributed by atoms with Gasteiger partial charge in [0.2, 0.25) is 0 Å². The molecule has 0 atom stereocenters. The maximum absolute atomic E-state index is 14.0. The molecule has 1 aromatic carbocycles. The molecule has 1 amide bonds. The number of alkyl halides is 16. The second kappa shape index (κ2) is 9.41. The summed E-state index contributed by atoms with van der Waals surface area (Å²) in [6.07, 6.45) is -5.96. The zero-order valence-corrected chi connectivity index (χ0v) is 17.2. The normalized spacial score (nSPS) is 14.5. The molecule has 0 spiro atoms. The van der Waals surface area contributed by atoms with Crippen molar-refractivity contribution in [3.8, 4) is 0 Å². The monoisotopic (exact) mass is 579 g/mol. The smallest absolute Gasteiger partial charge is 0.393 e. The first kappa shape index (κ1) is 32.1. The summed E-state index contributed by atoms with van der Waals surface area (Å²) in [5.41, 5.74) is -2.16. The van der Waals surface area contributed by atoms with Crippen LogP contribution in [0.1, 0.15) is 10.4 Å². The number of para-hydroxylation sites is 1. The molecule has 0 heterocycles. The minimum atomic E-state index is -8.63. The van der Waals surface area contributed by atoms with Crippen LogP contribution in [0.3, 0.4) is 0 Å². The van der Waals surface area contributed by atoms with E-state index >= 15 is 0 Å². The Bertz CT molecular complexity index is 1020. The molecule has 0 aliphatic carbocycles. The highest BCUT2D eigenvalue weighted by atomic mass is 19.4. The van der Waals surface area contributed by atoms with Gasteiger partial charge >= 0.3 is 59.8 Å². The molecule has 0 saturated heterocycles. The van der Waals surface area contributed by atoms with Crippen molar-refractivity contribution >= 4 is 17.6 Å². The second-order valence-corrected chi connectivity index (χ2v) is 6.86. The number of esters is 1. The Hall–Kier alpha value is -2.96. The maximum atomic E-state index is 14.0. The Morgan fingerprint density at radius 3 is 1.54 bits per heavy atom. The van der Waals surface area contributed by atoms with Crippen molar-refractivity contribution in [3.63, 3.8) is 0 Å². The summed E-state index contributed by atoms with van der Waals surface area (Å²) in [5, 5.41) is 0.701. The van der Waals surface area contributed by atoms with Gasteiger partial charge in [-0.3, -0.25) is 4.79 Å². The van der Waals surface area contributed by atoms with Crippen molar-refractivity contribution in [2.24, 2.45) is 0 Å². The number of carbonyl (C=O) groups is 2. The van der Waals surface area contributed by atoms with Crippen LogP contribution in [0, 0.1) is 0 Å². The number of amides is 1. The molecule has 0 saturated carbocycles. The van der Waals surface area contributed by atoms with Gasteiger partial charge in [0, 0.05) is 0 Å². The first-order valence-electron chi connectivity index (χ1n) is 8.72. The van der Waals surface area contributed by atoms with Gasteiger partial charge in [-0.25, -0.2) is 13.6 Å². The molecule has 0 unspecified atom stereocenters. The average Bonchev–Trinajstić information content (AvgIpc) is 2.77. The fraction of sp³-hybridized carbons (Fsp3) is 0.529. The molecule has 0 radical (unpaired) electrons. The van der Waals surface area contributed by atoms with Crippen molar-refractivity contribution in [3.05, 3.63) is 29.8 Å². The molecule has 1 aromatic rings. The summed E-state index contributed by atoms with van der Waals surface area (Å²) >= 11 is 0. The van der Waals surface area contributed by atoms with Crippen LogP contribution in [0.5, 0.6) is 0 Å². The van der Waals surface area contributed by atoms with Gasteiger partial charge in [-0.1, -0.05) is 12.1 Å². The van der Waals surface area contributed by atoms with E-state index in [0.29, 0.717) is 24.6 Å². The first-order chi connectivity index (χ1) is 16.3. The van der Waals surface area contributed by atoms with Crippen molar-refractivity contribution in [2.75, 3.05) is 12.4 Å². The number of nitrogens with one attached hydrogen (secondary N) is 1. The van der Waals surface area contributed by atoms with Crippen molar-refractivity contribution in [2.45, 2.75) is 47.9 Å². The molecule has 37 heavy (non-hydrogen) atoms. The van der Waals surface area contributed by atoms with E-state index in [1.54, 1.807) is 0 Å². The number of methoxy groups -OCH3 is 1. The molecule has 0 fully saturated rings. The Kier molecular flexibility index (Phi) is 8.16. The van der Waals surface area contributed by atoms with E-state index in [4.69, 9.17) is 0 Å². The van der Waals surface area contributed by atoms with Crippen LogP contribution in [0.2, 0.25) is 0 Å². The molecule has 0 bridgehead atoms. The zero-order valence-electron chi connectivity index (χ0n) is 17.2. The van der Waals surface area contributed by atoms with E-state index < -0.39 is 71.0 Å². The molecule has 0 aliphatic rings. The lowest BCUT2D eigenvalue weighted by Gasteiger charge is -2.42. The van der Waals surface area contributed by atoms with Crippen LogP contribution in [0.25, 0.3) is 0 Å². The highest BCUT2D eigenvalue weighted by molar-refractivity contribution is 6.03. The van der Waals surface area contributed by atoms with Gasteiger partial charge in [0.15, 0.2) is 0 Å². The van der Waals surface area contributed by atoms with E-state index in [2.05, 4.69) is 4.74 Å². The van der Waals surface area contributed by atoms with E-state index in [0.717, 1.165) is 12.1 Å². The topological polar surface area (TPSA) is 55.4 Å². The lowest BCUT2D eigenvalue weighted by atomic mass is 9.89. The number of halogens is 16. The second-order valence-electron chi connectivity index (χ2n) is 6.86. The summed E-state index contributed by atoms with van der Waals surface area (Å²) in [6, 6.07) is 2.87. The van der Waals surface area contributed by atoms with Crippen molar-refractivity contribution in [1.29, 1.82) is 0 Å². The molecule has 212 valence electrons. The van der Waals surface area contributed by atoms with Gasteiger partial charge in [-0.15, -0.1) is 0 Å². The molecule has 0 aromatic heterocycles. The molecule has 4 nitrogen and oxygen atoms in total. The number of rotatable bonds is 10. The lowest BCUT2D eigenvalue weighted by molar-refractivity contribution is -0.443. The number of anilines is 1. The van der Waals surface area contributed by atoms with Crippen LogP contribution in [0.4, 0.5) is 75.9 Å². The van der Waals surface area contributed by atoms with Gasteiger partial charge in [0.1, 0.15) is 0 Å². The van der Waals surface area contributed by atoms with E-state index in [1.807, 2.05) is 0 Å². The summed E-state index contributed by atoms with van der Waals surface area (Å²) < 4.78 is 218. The molecule has 20 heteroatoms. The third kappa shape index (κ3) is 4.51. The van der Waals surface area contributed by atoms with Crippen LogP contribution < -0.4 is 5.32 Å². The third-order valence-electron chi connectivity index (χ3n) is 4.53. The van der Waals surface area contributed by atoms with Gasteiger partial charge < -0.3 is 10.1 Å². The molecular weight excluding hydrogens is 570 g/mol. The molecular formula is C17H9F16NO3. The minimum absolute atomic E-state index is 0.465. The van der Waals surface area contributed by atoms with Crippen LogP contribution in [0.15, 0.2) is 24.3 Å². The van der Waals surface area contributed by atoms with Gasteiger partial charge in [-0.05, 0) is 12.1 Å². The Morgan fingerprint density at radius 2 is 1.11 bits per heavy atom. The van der Waals surface area contributed by atoms with Crippen molar-refractivity contribution in [1.82, 2.24) is 0 Å². The van der Waals surface area contributed by atoms with Crippen LogP contribution >= 0.6 is 0 Å². The first-order valence-corrected chi connectivity index (χ1v) is 8.72. The molecule has 1 N–H and O–H groups in total. The fourth-order valence-electron chi connectivity index (χ4n) is 2.36. The predicted molar refractivity (Wildman–Crippen MR) is 87.0 cm³/mol.